The molecule has 0 radical (unpaired) electrons. The highest BCUT2D eigenvalue weighted by atomic mass is 19.4. The SMILES string of the molecule is CCC(Oc1ccc(CNC)cc1C(F)(F)F)C(N)=O. The summed E-state index contributed by atoms with van der Waals surface area (Å²) in [6, 6.07) is 3.72. The number of hydrogen-bond donors (Lipinski definition) is 2. The smallest absolute Gasteiger partial charge is 0.419 e. The summed E-state index contributed by atoms with van der Waals surface area (Å²) in [5, 5.41) is 2.77. The van der Waals surface area contributed by atoms with Gasteiger partial charge < -0.3 is 15.8 Å². The predicted octanol–water partition coefficient (Wildman–Crippen LogP) is 2.07. The lowest BCUT2D eigenvalue weighted by atomic mass is 10.1. The first-order valence-electron chi connectivity index (χ1n) is 6.10. The Labute approximate surface area is 115 Å². The lowest BCUT2D eigenvalue weighted by molar-refractivity contribution is -0.140. The Morgan fingerprint density at radius 1 is 1.45 bits per heavy atom. The van der Waals surface area contributed by atoms with Crippen LogP contribution in [0.15, 0.2) is 18.2 Å². The number of carbonyl (C=O) groups excluding carboxylic acids is 1. The number of nitrogens with one attached hydrogen (secondary N) is 1. The molecule has 0 bridgehead atoms. The second-order valence-electron chi connectivity index (χ2n) is 4.28. The molecule has 0 spiro atoms. The molecule has 112 valence electrons. The molecule has 7 heteroatoms. The van der Waals surface area contributed by atoms with Gasteiger partial charge in [-0.15, -0.1) is 0 Å². The minimum Gasteiger partial charge on any atom is -0.480 e. The molecule has 1 aromatic carbocycles. The summed E-state index contributed by atoms with van der Waals surface area (Å²) >= 11 is 0. The molecule has 1 aromatic rings. The fourth-order valence-corrected chi connectivity index (χ4v) is 1.71. The largest absolute Gasteiger partial charge is 0.480 e. The summed E-state index contributed by atoms with van der Waals surface area (Å²) in [5.41, 5.74) is 4.64. The molecule has 0 aliphatic rings. The van der Waals surface area contributed by atoms with Crippen LogP contribution in [0.3, 0.4) is 0 Å². The first-order chi connectivity index (χ1) is 9.29. The fourth-order valence-electron chi connectivity index (χ4n) is 1.71. The third-order valence-electron chi connectivity index (χ3n) is 2.69. The number of carbonyl (C=O) groups is 1. The maximum absolute atomic E-state index is 13.0. The van der Waals surface area contributed by atoms with E-state index in [0.29, 0.717) is 12.1 Å². The lowest BCUT2D eigenvalue weighted by Crippen LogP contribution is -2.33. The van der Waals surface area contributed by atoms with Gasteiger partial charge >= 0.3 is 6.18 Å². The number of hydrogen-bond acceptors (Lipinski definition) is 3. The number of benzene rings is 1. The summed E-state index contributed by atoms with van der Waals surface area (Å²) in [7, 11) is 1.64. The number of nitrogens with two attached hydrogens (primary N) is 1. The van der Waals surface area contributed by atoms with E-state index >= 15 is 0 Å². The third-order valence-corrected chi connectivity index (χ3v) is 2.69. The standard InChI is InChI=1S/C13H17F3N2O2/c1-3-10(12(17)19)20-11-5-4-8(7-18-2)6-9(11)13(14,15)16/h4-6,10,18H,3,7H2,1-2H3,(H2,17,19). The molecular formula is C13H17F3N2O2. The Bertz CT molecular complexity index is 475. The molecule has 0 saturated heterocycles. The van der Waals surface area contributed by atoms with Crippen LogP contribution in [-0.4, -0.2) is 19.1 Å². The van der Waals surface area contributed by atoms with Gasteiger partial charge in [0.2, 0.25) is 0 Å². The van der Waals surface area contributed by atoms with E-state index in [9.17, 15) is 18.0 Å². The van der Waals surface area contributed by atoms with Crippen molar-refractivity contribution in [3.05, 3.63) is 29.3 Å². The fraction of sp³-hybridized carbons (Fsp3) is 0.462. The van der Waals surface area contributed by atoms with Crippen molar-refractivity contribution in [1.29, 1.82) is 0 Å². The van der Waals surface area contributed by atoms with Crippen LogP contribution in [0.4, 0.5) is 13.2 Å². The van der Waals surface area contributed by atoms with E-state index in [4.69, 9.17) is 10.5 Å². The average molecular weight is 290 g/mol. The molecule has 0 saturated carbocycles. The molecule has 1 rings (SSSR count). The maximum Gasteiger partial charge on any atom is 0.419 e. The third kappa shape index (κ3) is 4.12. The maximum atomic E-state index is 13.0. The average Bonchev–Trinajstić information content (AvgIpc) is 2.35. The van der Waals surface area contributed by atoms with Gasteiger partial charge in [-0.1, -0.05) is 13.0 Å². The topological polar surface area (TPSA) is 64.3 Å². The van der Waals surface area contributed by atoms with E-state index < -0.39 is 23.8 Å². The minimum absolute atomic E-state index is 0.199. The number of primary amides is 1. The molecule has 3 N–H and O–H groups in total. The van der Waals surface area contributed by atoms with Crippen LogP contribution < -0.4 is 15.8 Å². The van der Waals surface area contributed by atoms with Crippen molar-refractivity contribution in [3.8, 4) is 5.75 Å². The van der Waals surface area contributed by atoms with Crippen LogP contribution >= 0.6 is 0 Å². The molecule has 4 nitrogen and oxygen atoms in total. The number of ether oxygens (including phenoxy) is 1. The van der Waals surface area contributed by atoms with Gasteiger partial charge in [0.15, 0.2) is 6.10 Å². The van der Waals surface area contributed by atoms with Gasteiger partial charge in [0.25, 0.3) is 5.91 Å². The van der Waals surface area contributed by atoms with E-state index in [2.05, 4.69) is 5.32 Å². The van der Waals surface area contributed by atoms with E-state index in [-0.39, 0.29) is 12.2 Å². The summed E-state index contributed by atoms with van der Waals surface area (Å²) in [6.45, 7) is 1.91. The monoisotopic (exact) mass is 290 g/mol. The summed E-state index contributed by atoms with van der Waals surface area (Å²) in [4.78, 5) is 11.1. The van der Waals surface area contributed by atoms with E-state index in [1.165, 1.54) is 12.1 Å². The quantitative estimate of drug-likeness (QED) is 0.843. The molecule has 20 heavy (non-hydrogen) atoms. The van der Waals surface area contributed by atoms with Crippen LogP contribution in [0.2, 0.25) is 0 Å². The first kappa shape index (κ1) is 16.3. The molecule has 0 aliphatic heterocycles. The van der Waals surface area contributed by atoms with Gasteiger partial charge in [-0.3, -0.25) is 4.79 Å². The number of halogens is 3. The second-order valence-corrected chi connectivity index (χ2v) is 4.28. The highest BCUT2D eigenvalue weighted by Crippen LogP contribution is 2.37. The summed E-state index contributed by atoms with van der Waals surface area (Å²) in [5.74, 6) is -1.18. The number of amides is 1. The Kier molecular flexibility index (Phi) is 5.38. The van der Waals surface area contributed by atoms with Gasteiger partial charge in [-0.2, -0.15) is 13.2 Å². The van der Waals surface area contributed by atoms with Crippen molar-refractivity contribution >= 4 is 5.91 Å². The Morgan fingerprint density at radius 3 is 2.55 bits per heavy atom. The van der Waals surface area contributed by atoms with Crippen molar-refractivity contribution in [3.63, 3.8) is 0 Å². The molecule has 0 fully saturated rings. The van der Waals surface area contributed by atoms with E-state index in [1.807, 2.05) is 0 Å². The van der Waals surface area contributed by atoms with Gasteiger partial charge in [-0.05, 0) is 31.2 Å². The lowest BCUT2D eigenvalue weighted by Gasteiger charge is -2.19. The predicted molar refractivity (Wildman–Crippen MR) is 68.1 cm³/mol. The van der Waals surface area contributed by atoms with Crippen LogP contribution in [0, 0.1) is 0 Å². The number of rotatable bonds is 6. The molecule has 1 amide bonds. The Balaban J connectivity index is 3.15. The van der Waals surface area contributed by atoms with E-state index in [0.717, 1.165) is 6.07 Å². The van der Waals surface area contributed by atoms with Gasteiger partial charge in [0.1, 0.15) is 5.75 Å². The first-order valence-corrected chi connectivity index (χ1v) is 6.10. The zero-order valence-corrected chi connectivity index (χ0v) is 11.3. The van der Waals surface area contributed by atoms with E-state index in [1.54, 1.807) is 14.0 Å². The highest BCUT2D eigenvalue weighted by molar-refractivity contribution is 5.79. The highest BCUT2D eigenvalue weighted by Gasteiger charge is 2.35. The molecule has 0 aliphatic carbocycles. The Hall–Kier alpha value is -1.76. The summed E-state index contributed by atoms with van der Waals surface area (Å²) in [6.07, 6.45) is -5.44. The second kappa shape index (κ2) is 6.60. The number of alkyl halides is 3. The van der Waals surface area contributed by atoms with Crippen LogP contribution in [0.1, 0.15) is 24.5 Å². The van der Waals surface area contributed by atoms with Crippen molar-refractivity contribution in [2.45, 2.75) is 32.2 Å². The van der Waals surface area contributed by atoms with Crippen molar-refractivity contribution in [2.75, 3.05) is 7.05 Å². The molecule has 0 aromatic heterocycles. The van der Waals surface area contributed by atoms with Crippen LogP contribution in [0.25, 0.3) is 0 Å². The Morgan fingerprint density at radius 2 is 2.10 bits per heavy atom. The zero-order chi connectivity index (χ0) is 15.3. The minimum atomic E-state index is -4.56. The van der Waals surface area contributed by atoms with Crippen molar-refractivity contribution < 1.29 is 22.7 Å². The molecule has 1 unspecified atom stereocenters. The molecule has 1 atom stereocenters. The zero-order valence-electron chi connectivity index (χ0n) is 11.3. The van der Waals surface area contributed by atoms with Crippen molar-refractivity contribution in [2.24, 2.45) is 5.73 Å². The summed E-state index contributed by atoms with van der Waals surface area (Å²) < 4.78 is 44.1. The van der Waals surface area contributed by atoms with Crippen LogP contribution in [-0.2, 0) is 17.5 Å². The van der Waals surface area contributed by atoms with Crippen LogP contribution in [0.5, 0.6) is 5.75 Å². The molecular weight excluding hydrogens is 273 g/mol. The van der Waals surface area contributed by atoms with Gasteiger partial charge in [0.05, 0.1) is 5.56 Å². The van der Waals surface area contributed by atoms with Gasteiger partial charge in [0, 0.05) is 6.54 Å². The normalized spacial score (nSPS) is 13.1. The van der Waals surface area contributed by atoms with Crippen molar-refractivity contribution in [1.82, 2.24) is 5.32 Å². The molecule has 0 heterocycles. The van der Waals surface area contributed by atoms with Gasteiger partial charge in [-0.25, -0.2) is 0 Å².